The van der Waals surface area contributed by atoms with Gasteiger partial charge in [-0.3, -0.25) is 0 Å². The molecule has 1 aliphatic rings. The summed E-state index contributed by atoms with van der Waals surface area (Å²) in [6.45, 7) is 4.74. The van der Waals surface area contributed by atoms with Crippen LogP contribution < -0.4 is 0 Å². The lowest BCUT2D eigenvalue weighted by Gasteiger charge is -2.19. The average Bonchev–Trinajstić information content (AvgIpc) is 3.75. The van der Waals surface area contributed by atoms with Crippen molar-refractivity contribution in [2.45, 2.75) is 19.3 Å². The highest BCUT2D eigenvalue weighted by atomic mass is 32.1. The zero-order valence-corrected chi connectivity index (χ0v) is 26.8. The standard InChI is InChI=1S/C43H29N3S/c1-43(2)34-17-9-6-15-31(34)37-33-25-24-30-29-14-8-11-19-36(29)46(39(30)40(33)47-41(37)43)28-22-20-27(21-23-28)42-44-35-18-10-7-16-32(35)38(45-42)26-12-4-3-5-13-26/h3-25H,1-2H3. The van der Waals surface area contributed by atoms with E-state index in [9.17, 15) is 0 Å². The summed E-state index contributed by atoms with van der Waals surface area (Å²) < 4.78 is 3.80. The number of fused-ring (bicyclic) bond motifs is 10. The number of aromatic nitrogens is 3. The molecule has 222 valence electrons. The largest absolute Gasteiger partial charge is 0.308 e. The summed E-state index contributed by atoms with van der Waals surface area (Å²) in [6, 6.07) is 49.9. The molecule has 1 aliphatic carbocycles. The van der Waals surface area contributed by atoms with Crippen molar-refractivity contribution >= 4 is 54.1 Å². The lowest BCUT2D eigenvalue weighted by atomic mass is 9.87. The van der Waals surface area contributed by atoms with Crippen molar-refractivity contribution in [2.24, 2.45) is 0 Å². The van der Waals surface area contributed by atoms with Gasteiger partial charge in [0.2, 0.25) is 0 Å². The van der Waals surface area contributed by atoms with Crippen molar-refractivity contribution in [2.75, 3.05) is 0 Å². The minimum absolute atomic E-state index is 0.0289. The van der Waals surface area contributed by atoms with Crippen LogP contribution in [-0.2, 0) is 5.41 Å². The minimum Gasteiger partial charge on any atom is -0.308 e. The van der Waals surface area contributed by atoms with Gasteiger partial charge in [-0.25, -0.2) is 9.97 Å². The van der Waals surface area contributed by atoms with Gasteiger partial charge < -0.3 is 4.57 Å². The molecule has 6 aromatic carbocycles. The molecule has 3 heterocycles. The van der Waals surface area contributed by atoms with E-state index in [2.05, 4.69) is 146 Å². The number of nitrogens with zero attached hydrogens (tertiary/aromatic N) is 3. The highest BCUT2D eigenvalue weighted by Gasteiger charge is 2.38. The van der Waals surface area contributed by atoms with E-state index in [-0.39, 0.29) is 5.41 Å². The Balaban J connectivity index is 1.18. The fourth-order valence-corrected chi connectivity index (χ4v) is 9.20. The summed E-state index contributed by atoms with van der Waals surface area (Å²) in [5.41, 5.74) is 11.8. The van der Waals surface area contributed by atoms with Crippen LogP contribution in [0, 0.1) is 0 Å². The van der Waals surface area contributed by atoms with Gasteiger partial charge in [-0.1, -0.05) is 117 Å². The zero-order chi connectivity index (χ0) is 31.3. The monoisotopic (exact) mass is 619 g/mol. The first-order chi connectivity index (χ1) is 23.1. The SMILES string of the molecule is CC1(C)c2ccccc2-c2c1sc1c2ccc2c3ccccc3n(-c3ccc(-c4nc(-c5ccccc5)c5ccccc5n4)cc3)c21. The third-order valence-electron chi connectivity index (χ3n) is 9.96. The maximum Gasteiger partial charge on any atom is 0.160 e. The fraction of sp³-hybridized carbons (Fsp3) is 0.0698. The minimum atomic E-state index is -0.0289. The summed E-state index contributed by atoms with van der Waals surface area (Å²) in [7, 11) is 0. The molecule has 10 rings (SSSR count). The molecule has 0 aliphatic heterocycles. The summed E-state index contributed by atoms with van der Waals surface area (Å²) >= 11 is 1.96. The average molecular weight is 620 g/mol. The first-order valence-electron chi connectivity index (χ1n) is 16.1. The van der Waals surface area contributed by atoms with Crippen molar-refractivity contribution in [1.29, 1.82) is 0 Å². The first kappa shape index (κ1) is 26.6. The van der Waals surface area contributed by atoms with Gasteiger partial charge in [0.05, 0.1) is 26.9 Å². The van der Waals surface area contributed by atoms with Gasteiger partial charge in [-0.15, -0.1) is 11.3 Å². The summed E-state index contributed by atoms with van der Waals surface area (Å²) in [4.78, 5) is 11.6. The van der Waals surface area contributed by atoms with Gasteiger partial charge >= 0.3 is 0 Å². The first-order valence-corrected chi connectivity index (χ1v) is 16.9. The summed E-state index contributed by atoms with van der Waals surface area (Å²) in [6.07, 6.45) is 0. The van der Waals surface area contributed by atoms with E-state index < -0.39 is 0 Å². The Labute approximate surface area is 276 Å². The molecule has 47 heavy (non-hydrogen) atoms. The van der Waals surface area contributed by atoms with E-state index in [1.54, 1.807) is 0 Å². The Morgan fingerprint density at radius 3 is 2.13 bits per heavy atom. The van der Waals surface area contributed by atoms with Crippen LogP contribution in [0.15, 0.2) is 140 Å². The Kier molecular flexibility index (Phi) is 5.50. The predicted molar refractivity (Wildman–Crippen MR) is 198 cm³/mol. The van der Waals surface area contributed by atoms with Crippen molar-refractivity contribution < 1.29 is 0 Å². The van der Waals surface area contributed by atoms with Crippen LogP contribution >= 0.6 is 11.3 Å². The summed E-state index contributed by atoms with van der Waals surface area (Å²) in [5, 5.41) is 4.96. The third kappa shape index (κ3) is 3.73. The lowest BCUT2D eigenvalue weighted by Crippen LogP contribution is -2.13. The molecule has 0 atom stereocenters. The Hall–Kier alpha value is -5.58. The summed E-state index contributed by atoms with van der Waals surface area (Å²) in [5.74, 6) is 0.731. The highest BCUT2D eigenvalue weighted by molar-refractivity contribution is 7.21. The molecule has 0 amide bonds. The smallest absolute Gasteiger partial charge is 0.160 e. The number of thiophene rings is 1. The quantitative estimate of drug-likeness (QED) is 0.197. The van der Waals surface area contributed by atoms with Crippen LogP contribution in [0.1, 0.15) is 24.3 Å². The molecule has 0 radical (unpaired) electrons. The maximum atomic E-state index is 5.12. The Morgan fingerprint density at radius 2 is 1.28 bits per heavy atom. The molecule has 0 fully saturated rings. The second-order valence-electron chi connectivity index (χ2n) is 13.0. The van der Waals surface area contributed by atoms with E-state index in [1.807, 2.05) is 23.5 Å². The number of hydrogen-bond donors (Lipinski definition) is 0. The molecule has 0 bridgehead atoms. The molecule has 0 N–H and O–H groups in total. The highest BCUT2D eigenvalue weighted by Crippen LogP contribution is 2.56. The molecule has 3 aromatic heterocycles. The van der Waals surface area contributed by atoms with Gasteiger partial charge in [0, 0.05) is 54.2 Å². The van der Waals surface area contributed by atoms with E-state index >= 15 is 0 Å². The molecule has 9 aromatic rings. The van der Waals surface area contributed by atoms with Gasteiger partial charge in [0.1, 0.15) is 0 Å². The molecule has 3 nitrogen and oxygen atoms in total. The van der Waals surface area contributed by atoms with E-state index in [0.717, 1.165) is 39.2 Å². The number of rotatable bonds is 3. The number of hydrogen-bond acceptors (Lipinski definition) is 3. The van der Waals surface area contributed by atoms with Crippen LogP contribution in [0.4, 0.5) is 0 Å². The van der Waals surface area contributed by atoms with E-state index in [0.29, 0.717) is 0 Å². The molecule has 0 saturated carbocycles. The van der Waals surface area contributed by atoms with Crippen LogP contribution in [-0.4, -0.2) is 14.5 Å². The predicted octanol–water partition coefficient (Wildman–Crippen LogP) is 11.6. The molecule has 0 saturated heterocycles. The number of benzene rings is 6. The number of para-hydroxylation sites is 2. The fourth-order valence-electron chi connectivity index (χ4n) is 7.73. The van der Waals surface area contributed by atoms with Gasteiger partial charge in [0.25, 0.3) is 0 Å². The maximum absolute atomic E-state index is 5.12. The van der Waals surface area contributed by atoms with Crippen LogP contribution in [0.2, 0.25) is 0 Å². The zero-order valence-electron chi connectivity index (χ0n) is 26.0. The second-order valence-corrected chi connectivity index (χ2v) is 14.0. The van der Waals surface area contributed by atoms with Crippen molar-refractivity contribution in [3.63, 3.8) is 0 Å². The Bertz CT molecular complexity index is 2700. The van der Waals surface area contributed by atoms with Crippen LogP contribution in [0.25, 0.3) is 82.3 Å². The van der Waals surface area contributed by atoms with Gasteiger partial charge in [0.15, 0.2) is 5.82 Å². The topological polar surface area (TPSA) is 30.7 Å². The van der Waals surface area contributed by atoms with Gasteiger partial charge in [-0.2, -0.15) is 0 Å². The molecule has 4 heteroatoms. The molecular formula is C43H29N3S. The lowest BCUT2D eigenvalue weighted by molar-refractivity contribution is 0.674. The molecular weight excluding hydrogens is 591 g/mol. The molecule has 0 spiro atoms. The molecule has 0 unspecified atom stereocenters. The van der Waals surface area contributed by atoms with Crippen LogP contribution in [0.3, 0.4) is 0 Å². The Morgan fingerprint density at radius 1 is 0.574 bits per heavy atom. The van der Waals surface area contributed by atoms with Crippen LogP contribution in [0.5, 0.6) is 0 Å². The van der Waals surface area contributed by atoms with E-state index in [4.69, 9.17) is 9.97 Å². The van der Waals surface area contributed by atoms with Gasteiger partial charge in [-0.05, 0) is 47.5 Å². The second kappa shape index (κ2) is 9.71. The normalized spacial score (nSPS) is 13.5. The van der Waals surface area contributed by atoms with Crippen molar-refractivity contribution in [1.82, 2.24) is 14.5 Å². The van der Waals surface area contributed by atoms with Crippen molar-refractivity contribution in [3.05, 3.63) is 150 Å². The third-order valence-corrected chi connectivity index (χ3v) is 11.5. The van der Waals surface area contributed by atoms with Crippen molar-refractivity contribution in [3.8, 4) is 39.5 Å². The van der Waals surface area contributed by atoms with E-state index in [1.165, 1.54) is 53.5 Å².